The zero-order chi connectivity index (χ0) is 35.5. The van der Waals surface area contributed by atoms with E-state index in [2.05, 4.69) is 123 Å². The fraction of sp³-hybridized carbons (Fsp3) is 0.848. The Morgan fingerprint density at radius 3 is 1.81 bits per heavy atom. The summed E-state index contributed by atoms with van der Waals surface area (Å²) < 4.78 is 30.7. The zero-order valence-corrected chi connectivity index (χ0v) is 35.3. The van der Waals surface area contributed by atoms with E-state index in [1.165, 1.54) is 0 Å². The molecule has 4 rings (SSSR count). The maximum absolute atomic E-state index is 7.37. The van der Waals surface area contributed by atoms with Gasteiger partial charge in [-0.2, -0.15) is 9.97 Å². The highest BCUT2D eigenvalue weighted by Gasteiger charge is 2.55. The molecule has 14 heteroatoms. The Labute approximate surface area is 287 Å². The van der Waals surface area contributed by atoms with Crippen LogP contribution in [0.1, 0.15) is 68.5 Å². The van der Waals surface area contributed by atoms with Crippen LogP contribution in [0.3, 0.4) is 0 Å². The first kappa shape index (κ1) is 38.4. The molecule has 0 radical (unpaired) electrons. The van der Waals surface area contributed by atoms with Crippen molar-refractivity contribution in [1.82, 2.24) is 24.4 Å². The lowest BCUT2D eigenvalue weighted by atomic mass is 10.1. The second kappa shape index (κ2) is 13.1. The molecule has 2 saturated heterocycles. The number of ether oxygens (including phenoxy) is 1. The molecule has 2 aromatic heterocycles. The van der Waals surface area contributed by atoms with Gasteiger partial charge in [-0.3, -0.25) is 4.57 Å². The van der Waals surface area contributed by atoms with E-state index in [0.717, 1.165) is 37.5 Å². The van der Waals surface area contributed by atoms with E-state index in [9.17, 15) is 0 Å². The summed E-state index contributed by atoms with van der Waals surface area (Å²) >= 11 is 0. The molecular formula is C33H65N7O4Si3. The molecule has 11 nitrogen and oxygen atoms in total. The van der Waals surface area contributed by atoms with E-state index in [-0.39, 0.29) is 33.3 Å². The van der Waals surface area contributed by atoms with Crippen molar-refractivity contribution >= 4 is 47.9 Å². The first-order valence-electron chi connectivity index (χ1n) is 17.3. The standard InChI is InChI=1S/C33H65N7O4Si3/c1-31(2,3)45(11,12)41-21-23-25(43-46(13,14)32(4,5)6)26(44-47(15,16)33(7,8)9)29(42-23)40-22-35-24-27(36-30(34)37-28(24)40)39-19-17-38(10)18-20-39/h22-23,25-26,29H,17-21H2,1-16H3,(H2,34,36,37)/t23-,25-,26-,29-/m1/s1. The maximum atomic E-state index is 7.37. The Kier molecular flexibility index (Phi) is 10.7. The monoisotopic (exact) mass is 707 g/mol. The number of nitrogen functional groups attached to an aromatic ring is 1. The third-order valence-corrected chi connectivity index (χ3v) is 25.1. The van der Waals surface area contributed by atoms with Crippen molar-refractivity contribution in [2.24, 2.45) is 0 Å². The van der Waals surface area contributed by atoms with E-state index < -0.39 is 37.3 Å². The van der Waals surface area contributed by atoms with Crippen LogP contribution in [0, 0.1) is 0 Å². The number of piperazine rings is 1. The Hall–Kier alpha value is -1.40. The summed E-state index contributed by atoms with van der Waals surface area (Å²) in [5.74, 6) is 0.992. The van der Waals surface area contributed by atoms with Crippen molar-refractivity contribution < 1.29 is 18.0 Å². The van der Waals surface area contributed by atoms with Crippen molar-refractivity contribution in [2.45, 2.75) is 141 Å². The van der Waals surface area contributed by atoms with Crippen LogP contribution in [-0.4, -0.2) is 108 Å². The molecule has 0 aromatic carbocycles. The van der Waals surface area contributed by atoms with Crippen molar-refractivity contribution in [3.8, 4) is 0 Å². The van der Waals surface area contributed by atoms with E-state index in [4.69, 9.17) is 33.7 Å². The number of hydrogen-bond donors (Lipinski definition) is 1. The molecule has 0 unspecified atom stereocenters. The molecule has 0 amide bonds. The van der Waals surface area contributed by atoms with E-state index in [1.54, 1.807) is 0 Å². The Balaban J connectivity index is 1.85. The molecule has 0 bridgehead atoms. The molecule has 2 aromatic rings. The fourth-order valence-corrected chi connectivity index (χ4v) is 8.84. The van der Waals surface area contributed by atoms with E-state index >= 15 is 0 Å². The van der Waals surface area contributed by atoms with E-state index in [0.29, 0.717) is 12.3 Å². The lowest BCUT2D eigenvalue weighted by molar-refractivity contribution is -0.0470. The van der Waals surface area contributed by atoms with Crippen LogP contribution in [-0.2, 0) is 18.0 Å². The van der Waals surface area contributed by atoms with Crippen LogP contribution in [0.25, 0.3) is 11.2 Å². The molecule has 2 N–H and O–H groups in total. The number of rotatable bonds is 9. The summed E-state index contributed by atoms with van der Waals surface area (Å²) in [4.78, 5) is 18.9. The van der Waals surface area contributed by atoms with Gasteiger partial charge in [0.1, 0.15) is 18.3 Å². The lowest BCUT2D eigenvalue weighted by Gasteiger charge is -2.44. The minimum atomic E-state index is -2.31. The van der Waals surface area contributed by atoms with Crippen LogP contribution in [0.5, 0.6) is 0 Å². The molecule has 4 heterocycles. The highest BCUT2D eigenvalue weighted by Crippen LogP contribution is 2.47. The number of anilines is 2. The molecule has 0 saturated carbocycles. The van der Waals surface area contributed by atoms with Gasteiger partial charge < -0.3 is 33.5 Å². The topological polar surface area (TPSA) is 113 Å². The molecule has 2 fully saturated rings. The number of nitrogens with zero attached hydrogens (tertiary/aromatic N) is 6. The Bertz CT molecular complexity index is 1390. The summed E-state index contributed by atoms with van der Waals surface area (Å²) in [7, 11) is -4.53. The normalized spacial score (nSPS) is 24.5. The smallest absolute Gasteiger partial charge is 0.224 e. The minimum absolute atomic E-state index is 0.00175. The van der Waals surface area contributed by atoms with Gasteiger partial charge in [-0.1, -0.05) is 62.3 Å². The number of hydrogen-bond acceptors (Lipinski definition) is 10. The van der Waals surface area contributed by atoms with E-state index in [1.807, 2.05) is 10.9 Å². The van der Waals surface area contributed by atoms with Crippen LogP contribution < -0.4 is 10.6 Å². The first-order valence-corrected chi connectivity index (χ1v) is 26.1. The van der Waals surface area contributed by atoms with Crippen molar-refractivity contribution in [2.75, 3.05) is 50.5 Å². The van der Waals surface area contributed by atoms with Gasteiger partial charge in [-0.25, -0.2) is 4.98 Å². The number of likely N-dealkylation sites (N-methyl/N-ethyl adjacent to an activating group) is 1. The van der Waals surface area contributed by atoms with Crippen LogP contribution >= 0.6 is 0 Å². The van der Waals surface area contributed by atoms with Crippen molar-refractivity contribution in [3.63, 3.8) is 0 Å². The Morgan fingerprint density at radius 1 is 0.787 bits per heavy atom. The predicted molar refractivity (Wildman–Crippen MR) is 201 cm³/mol. The molecule has 2 aliphatic rings. The van der Waals surface area contributed by atoms with Crippen molar-refractivity contribution in [1.29, 1.82) is 0 Å². The summed E-state index contributed by atoms with van der Waals surface area (Å²) in [6.07, 6.45) is 0.205. The third kappa shape index (κ3) is 8.00. The average Bonchev–Trinajstić information content (AvgIpc) is 3.46. The van der Waals surface area contributed by atoms with Gasteiger partial charge in [0.25, 0.3) is 0 Å². The second-order valence-corrected chi connectivity index (χ2v) is 32.7. The quantitative estimate of drug-likeness (QED) is 0.278. The van der Waals surface area contributed by atoms with Crippen LogP contribution in [0.15, 0.2) is 6.33 Å². The third-order valence-electron chi connectivity index (χ3n) is 11.7. The van der Waals surface area contributed by atoms with Crippen LogP contribution in [0.4, 0.5) is 11.8 Å². The second-order valence-electron chi connectivity index (χ2n) is 18.3. The van der Waals surface area contributed by atoms with Gasteiger partial charge in [-0.15, -0.1) is 0 Å². The average molecular weight is 708 g/mol. The van der Waals surface area contributed by atoms with Gasteiger partial charge in [0.05, 0.1) is 12.9 Å². The summed E-state index contributed by atoms with van der Waals surface area (Å²) in [6.45, 7) is 38.3. The Morgan fingerprint density at radius 2 is 1.30 bits per heavy atom. The summed E-state index contributed by atoms with van der Waals surface area (Å²) in [5.41, 5.74) is 7.77. The van der Waals surface area contributed by atoms with Crippen LogP contribution in [0.2, 0.25) is 54.4 Å². The van der Waals surface area contributed by atoms with Gasteiger partial charge >= 0.3 is 0 Å². The molecule has 268 valence electrons. The SMILES string of the molecule is CN1CCN(c2nc(N)nc3c2ncn3[C@@H]2O[C@H](CO[Si](C)(C)C(C)(C)C)[C@@H](O[Si](C)(C)C(C)(C)C)[C@H]2O[Si](C)(C)C(C)(C)C)CC1. The predicted octanol–water partition coefficient (Wildman–Crippen LogP) is 6.86. The number of imidazole rings is 1. The molecule has 47 heavy (non-hydrogen) atoms. The molecule has 0 aliphatic carbocycles. The summed E-state index contributed by atoms with van der Waals surface area (Å²) in [6, 6.07) is 0. The summed E-state index contributed by atoms with van der Waals surface area (Å²) in [5, 5.41) is 0.0394. The zero-order valence-electron chi connectivity index (χ0n) is 32.3. The minimum Gasteiger partial charge on any atom is -0.414 e. The van der Waals surface area contributed by atoms with Gasteiger partial charge in [0.15, 0.2) is 48.2 Å². The fourth-order valence-electron chi connectivity index (χ4n) is 5.22. The highest BCUT2D eigenvalue weighted by molar-refractivity contribution is 6.75. The number of aromatic nitrogens is 4. The molecule has 2 aliphatic heterocycles. The first-order chi connectivity index (χ1) is 21.3. The molecular weight excluding hydrogens is 643 g/mol. The maximum Gasteiger partial charge on any atom is 0.224 e. The number of fused-ring (bicyclic) bond motifs is 1. The number of nitrogens with two attached hydrogens (primary N) is 1. The highest BCUT2D eigenvalue weighted by atomic mass is 28.4. The molecule has 4 atom stereocenters. The van der Waals surface area contributed by atoms with Gasteiger partial charge in [0, 0.05) is 26.2 Å². The lowest BCUT2D eigenvalue weighted by Crippen LogP contribution is -2.54. The van der Waals surface area contributed by atoms with Gasteiger partial charge in [-0.05, 0) is 61.4 Å². The van der Waals surface area contributed by atoms with Gasteiger partial charge in [0.2, 0.25) is 5.95 Å². The molecule has 0 spiro atoms. The van der Waals surface area contributed by atoms with Crippen molar-refractivity contribution in [3.05, 3.63) is 6.33 Å². The largest absolute Gasteiger partial charge is 0.414 e.